The highest BCUT2D eigenvalue weighted by molar-refractivity contribution is 7.91. The van der Waals surface area contributed by atoms with E-state index < -0.39 is 9.84 Å². The second kappa shape index (κ2) is 6.57. The van der Waals surface area contributed by atoms with E-state index in [1.54, 1.807) is 54.6 Å². The number of ether oxygens (including phenoxy) is 1. The van der Waals surface area contributed by atoms with E-state index >= 15 is 0 Å². The molecule has 106 valence electrons. The van der Waals surface area contributed by atoms with Crippen LogP contribution in [0, 0.1) is 0 Å². The maximum Gasteiger partial charge on any atom is 0.210 e. The van der Waals surface area contributed by atoms with Gasteiger partial charge < -0.3 is 4.74 Å². The Morgan fingerprint density at radius 1 is 0.950 bits per heavy atom. The highest BCUT2D eigenvalue weighted by Gasteiger charge is 2.21. The topological polar surface area (TPSA) is 43.4 Å². The predicted molar refractivity (Wildman–Crippen MR) is 78.7 cm³/mol. The Labute approximate surface area is 120 Å². The first-order valence-corrected chi connectivity index (χ1v) is 8.16. The fraction of sp³-hybridized carbons (Fsp3) is 0.250. The van der Waals surface area contributed by atoms with Gasteiger partial charge in [-0.05, 0) is 30.7 Å². The van der Waals surface area contributed by atoms with Gasteiger partial charge >= 0.3 is 0 Å². The summed E-state index contributed by atoms with van der Waals surface area (Å²) in [6, 6.07) is 15.2. The van der Waals surface area contributed by atoms with Gasteiger partial charge in [0.1, 0.15) is 10.6 Å². The van der Waals surface area contributed by atoms with Crippen molar-refractivity contribution in [2.75, 3.05) is 6.61 Å². The highest BCUT2D eigenvalue weighted by Crippen LogP contribution is 2.29. The standard InChI is InChI=1S/C16H18O3S/c1-2-3-13-19-15-11-7-8-12-16(15)20(17,18)14-9-5-4-6-10-14/h4-12H,2-3,13H2,1H3. The summed E-state index contributed by atoms with van der Waals surface area (Å²) in [5.74, 6) is 0.421. The molecule has 0 N–H and O–H groups in total. The molecule has 2 aromatic carbocycles. The number of hydrogen-bond donors (Lipinski definition) is 0. The van der Waals surface area contributed by atoms with Crippen molar-refractivity contribution < 1.29 is 13.2 Å². The van der Waals surface area contributed by atoms with Crippen molar-refractivity contribution in [2.24, 2.45) is 0 Å². The number of sulfone groups is 1. The van der Waals surface area contributed by atoms with E-state index in [0.717, 1.165) is 12.8 Å². The van der Waals surface area contributed by atoms with Gasteiger partial charge in [0.05, 0.1) is 11.5 Å². The second-order valence-electron chi connectivity index (χ2n) is 4.47. The van der Waals surface area contributed by atoms with Gasteiger partial charge in [0.15, 0.2) is 0 Å². The predicted octanol–water partition coefficient (Wildman–Crippen LogP) is 3.70. The molecule has 0 radical (unpaired) electrons. The van der Waals surface area contributed by atoms with E-state index in [0.29, 0.717) is 12.4 Å². The van der Waals surface area contributed by atoms with Gasteiger partial charge in [-0.2, -0.15) is 0 Å². The molecule has 4 heteroatoms. The Hall–Kier alpha value is -1.81. The molecule has 0 aliphatic carbocycles. The molecule has 0 aromatic heterocycles. The number of hydrogen-bond acceptors (Lipinski definition) is 3. The largest absolute Gasteiger partial charge is 0.492 e. The van der Waals surface area contributed by atoms with Crippen molar-refractivity contribution in [3.05, 3.63) is 54.6 Å². The maximum absolute atomic E-state index is 12.6. The minimum absolute atomic E-state index is 0.224. The fourth-order valence-corrected chi connectivity index (χ4v) is 3.26. The van der Waals surface area contributed by atoms with Crippen LogP contribution in [0.4, 0.5) is 0 Å². The van der Waals surface area contributed by atoms with E-state index in [1.165, 1.54) is 0 Å². The van der Waals surface area contributed by atoms with Gasteiger partial charge in [0.2, 0.25) is 9.84 Å². The average Bonchev–Trinajstić information content (AvgIpc) is 2.49. The van der Waals surface area contributed by atoms with E-state index in [2.05, 4.69) is 6.92 Å². The molecule has 2 rings (SSSR count). The van der Waals surface area contributed by atoms with Gasteiger partial charge in [0, 0.05) is 0 Å². The summed E-state index contributed by atoms with van der Waals surface area (Å²) in [7, 11) is -3.53. The Balaban J connectivity index is 2.37. The molecule has 0 aliphatic rings. The van der Waals surface area contributed by atoms with E-state index in [1.807, 2.05) is 0 Å². The third-order valence-corrected chi connectivity index (χ3v) is 4.76. The molecule has 0 heterocycles. The molecule has 0 aliphatic heterocycles. The Kier molecular flexibility index (Phi) is 4.79. The SMILES string of the molecule is CCCCOc1ccccc1S(=O)(=O)c1ccccc1. The van der Waals surface area contributed by atoms with Crippen molar-refractivity contribution in [3.8, 4) is 5.75 Å². The van der Waals surface area contributed by atoms with Gasteiger partial charge in [-0.15, -0.1) is 0 Å². The monoisotopic (exact) mass is 290 g/mol. The molecule has 20 heavy (non-hydrogen) atoms. The first kappa shape index (κ1) is 14.6. The molecule has 0 spiro atoms. The van der Waals surface area contributed by atoms with Crippen LogP contribution in [0.3, 0.4) is 0 Å². The Morgan fingerprint density at radius 2 is 1.60 bits per heavy atom. The van der Waals surface area contributed by atoms with Crippen LogP contribution >= 0.6 is 0 Å². The zero-order chi connectivity index (χ0) is 14.4. The maximum atomic E-state index is 12.6. The summed E-state index contributed by atoms with van der Waals surface area (Å²) in [4.78, 5) is 0.508. The zero-order valence-corrected chi connectivity index (χ0v) is 12.3. The van der Waals surface area contributed by atoms with E-state index in [9.17, 15) is 8.42 Å². The minimum atomic E-state index is -3.53. The number of unbranched alkanes of at least 4 members (excludes halogenated alkanes) is 1. The first-order chi connectivity index (χ1) is 9.66. The van der Waals surface area contributed by atoms with Crippen LogP contribution in [0.15, 0.2) is 64.4 Å². The summed E-state index contributed by atoms with van der Waals surface area (Å²) in [5, 5.41) is 0. The van der Waals surface area contributed by atoms with Crippen LogP contribution in [-0.4, -0.2) is 15.0 Å². The van der Waals surface area contributed by atoms with Crippen LogP contribution < -0.4 is 4.74 Å². The lowest BCUT2D eigenvalue weighted by Gasteiger charge is -2.11. The van der Waals surface area contributed by atoms with E-state index in [-0.39, 0.29) is 9.79 Å². The van der Waals surface area contributed by atoms with Gasteiger partial charge in [0.25, 0.3) is 0 Å². The van der Waals surface area contributed by atoms with Gasteiger partial charge in [-0.1, -0.05) is 43.7 Å². The van der Waals surface area contributed by atoms with Crippen molar-refractivity contribution in [1.82, 2.24) is 0 Å². The highest BCUT2D eigenvalue weighted by atomic mass is 32.2. The molecular formula is C16H18O3S. The molecular weight excluding hydrogens is 272 g/mol. The smallest absolute Gasteiger partial charge is 0.210 e. The molecule has 0 bridgehead atoms. The van der Waals surface area contributed by atoms with Crippen molar-refractivity contribution in [1.29, 1.82) is 0 Å². The lowest BCUT2D eigenvalue weighted by atomic mass is 10.3. The molecule has 2 aromatic rings. The van der Waals surface area contributed by atoms with Gasteiger partial charge in [-0.25, -0.2) is 8.42 Å². The third-order valence-electron chi connectivity index (χ3n) is 2.95. The number of para-hydroxylation sites is 1. The number of rotatable bonds is 6. The third kappa shape index (κ3) is 3.20. The molecule has 0 fully saturated rings. The summed E-state index contributed by atoms with van der Waals surface area (Å²) >= 11 is 0. The molecule has 0 atom stereocenters. The van der Waals surface area contributed by atoms with Crippen LogP contribution in [0.25, 0.3) is 0 Å². The first-order valence-electron chi connectivity index (χ1n) is 6.68. The molecule has 0 saturated heterocycles. The minimum Gasteiger partial charge on any atom is -0.492 e. The summed E-state index contributed by atoms with van der Waals surface area (Å²) in [6.07, 6.45) is 1.91. The molecule has 0 unspecified atom stereocenters. The summed E-state index contributed by atoms with van der Waals surface area (Å²) in [6.45, 7) is 2.59. The lowest BCUT2D eigenvalue weighted by molar-refractivity contribution is 0.301. The second-order valence-corrected chi connectivity index (χ2v) is 6.38. The van der Waals surface area contributed by atoms with Crippen molar-refractivity contribution >= 4 is 9.84 Å². The summed E-state index contributed by atoms with van der Waals surface area (Å²) < 4.78 is 30.8. The molecule has 0 saturated carbocycles. The molecule has 0 amide bonds. The zero-order valence-electron chi connectivity index (χ0n) is 11.5. The van der Waals surface area contributed by atoms with Crippen LogP contribution in [0.2, 0.25) is 0 Å². The molecule has 3 nitrogen and oxygen atoms in total. The lowest BCUT2D eigenvalue weighted by Crippen LogP contribution is -2.06. The average molecular weight is 290 g/mol. The number of benzene rings is 2. The van der Waals surface area contributed by atoms with Crippen molar-refractivity contribution in [3.63, 3.8) is 0 Å². The quantitative estimate of drug-likeness (QED) is 0.762. The van der Waals surface area contributed by atoms with E-state index in [4.69, 9.17) is 4.74 Å². The van der Waals surface area contributed by atoms with Crippen LogP contribution in [0.1, 0.15) is 19.8 Å². The fourth-order valence-electron chi connectivity index (χ4n) is 1.84. The normalized spacial score (nSPS) is 11.2. The van der Waals surface area contributed by atoms with Crippen LogP contribution in [0.5, 0.6) is 5.75 Å². The van der Waals surface area contributed by atoms with Gasteiger partial charge in [-0.3, -0.25) is 0 Å². The van der Waals surface area contributed by atoms with Crippen molar-refractivity contribution in [2.45, 2.75) is 29.6 Å². The van der Waals surface area contributed by atoms with Crippen LogP contribution in [-0.2, 0) is 9.84 Å². The Bertz CT molecular complexity index is 648. The summed E-state index contributed by atoms with van der Waals surface area (Å²) in [5.41, 5.74) is 0. The Morgan fingerprint density at radius 3 is 2.30 bits per heavy atom.